The van der Waals surface area contributed by atoms with Crippen LogP contribution in [0.4, 0.5) is 0 Å². The molecule has 1 aromatic rings. The van der Waals surface area contributed by atoms with E-state index in [1.54, 1.807) is 0 Å². The van der Waals surface area contributed by atoms with Crippen LogP contribution in [0, 0.1) is 12.3 Å². The maximum atomic E-state index is 5.91. The van der Waals surface area contributed by atoms with Gasteiger partial charge < -0.3 is 10.5 Å². The number of nitrogens with two attached hydrogens (primary N) is 1. The van der Waals surface area contributed by atoms with Crippen molar-refractivity contribution < 1.29 is 4.74 Å². The average Bonchev–Trinajstić information content (AvgIpc) is 2.81. The molecule has 22 heavy (non-hydrogen) atoms. The van der Waals surface area contributed by atoms with Gasteiger partial charge in [-0.05, 0) is 61.0 Å². The molecule has 0 bridgehead atoms. The Kier molecular flexibility index (Phi) is 7.17. The highest BCUT2D eigenvalue weighted by atomic mass is 35.5. The summed E-state index contributed by atoms with van der Waals surface area (Å²) < 4.78 is 5.91. The van der Waals surface area contributed by atoms with Crippen LogP contribution in [-0.2, 0) is 0 Å². The fraction of sp³-hybridized carbons (Fsp3) is 0.667. The molecule has 0 saturated carbocycles. The highest BCUT2D eigenvalue weighted by molar-refractivity contribution is 5.85. The largest absolute Gasteiger partial charge is 0.492 e. The fourth-order valence-corrected chi connectivity index (χ4v) is 3.16. The van der Waals surface area contributed by atoms with Gasteiger partial charge in [0.2, 0.25) is 0 Å². The second-order valence-electron chi connectivity index (χ2n) is 7.06. The molecule has 0 amide bonds. The molecule has 1 unspecified atom stereocenters. The molecule has 2 rings (SSSR count). The van der Waals surface area contributed by atoms with E-state index < -0.39 is 0 Å². The first-order valence-electron chi connectivity index (χ1n) is 8.09. The van der Waals surface area contributed by atoms with Crippen LogP contribution in [-0.4, -0.2) is 37.7 Å². The molecule has 0 radical (unpaired) electrons. The number of likely N-dealkylation sites (tertiary alicyclic amines) is 1. The molecule has 1 aliphatic rings. The summed E-state index contributed by atoms with van der Waals surface area (Å²) in [5.74, 6) is 1.55. The molecular formula is C18H31ClN2O. The van der Waals surface area contributed by atoms with E-state index in [0.717, 1.165) is 38.5 Å². The van der Waals surface area contributed by atoms with Crippen molar-refractivity contribution >= 4 is 12.4 Å². The maximum absolute atomic E-state index is 5.91. The van der Waals surface area contributed by atoms with Gasteiger partial charge in [0.1, 0.15) is 12.4 Å². The standard InChI is InChI=1S/C18H30N2O.ClH/c1-14(2)17-6-5-16(11-15(17)3)21-10-9-20-8-7-18(4,12-19)13-20;/h5-6,11,14H,7-10,12-13,19H2,1-4H3;1H. The Hall–Kier alpha value is -0.770. The Balaban J connectivity index is 0.00000242. The second-order valence-corrected chi connectivity index (χ2v) is 7.06. The number of ether oxygens (including phenoxy) is 1. The van der Waals surface area contributed by atoms with E-state index in [2.05, 4.69) is 50.8 Å². The summed E-state index contributed by atoms with van der Waals surface area (Å²) in [6, 6.07) is 6.44. The Bertz CT molecular complexity index is 478. The molecule has 1 heterocycles. The van der Waals surface area contributed by atoms with Gasteiger partial charge in [-0.1, -0.05) is 26.8 Å². The minimum absolute atomic E-state index is 0. The smallest absolute Gasteiger partial charge is 0.119 e. The molecule has 1 aromatic carbocycles. The normalized spacial score (nSPS) is 21.9. The second kappa shape index (κ2) is 8.19. The summed E-state index contributed by atoms with van der Waals surface area (Å²) in [5.41, 5.74) is 8.87. The minimum atomic E-state index is 0. The molecule has 0 spiro atoms. The summed E-state index contributed by atoms with van der Waals surface area (Å²) in [7, 11) is 0. The van der Waals surface area contributed by atoms with E-state index in [-0.39, 0.29) is 12.4 Å². The fourth-order valence-electron chi connectivity index (χ4n) is 3.16. The van der Waals surface area contributed by atoms with Gasteiger partial charge in [-0.25, -0.2) is 0 Å². The van der Waals surface area contributed by atoms with E-state index in [9.17, 15) is 0 Å². The van der Waals surface area contributed by atoms with E-state index in [1.807, 2.05) is 0 Å². The molecule has 1 saturated heterocycles. The number of rotatable bonds is 6. The minimum Gasteiger partial charge on any atom is -0.492 e. The Labute approximate surface area is 141 Å². The predicted octanol–water partition coefficient (Wildman–Crippen LogP) is 3.59. The average molecular weight is 327 g/mol. The van der Waals surface area contributed by atoms with Gasteiger partial charge in [-0.15, -0.1) is 12.4 Å². The third kappa shape index (κ3) is 4.87. The van der Waals surface area contributed by atoms with Crippen LogP contribution in [0.1, 0.15) is 44.2 Å². The number of aryl methyl sites for hydroxylation is 1. The van der Waals surface area contributed by atoms with Crippen LogP contribution in [0.25, 0.3) is 0 Å². The summed E-state index contributed by atoms with van der Waals surface area (Å²) in [4.78, 5) is 2.46. The van der Waals surface area contributed by atoms with Gasteiger partial charge in [0.25, 0.3) is 0 Å². The topological polar surface area (TPSA) is 38.5 Å². The van der Waals surface area contributed by atoms with E-state index in [4.69, 9.17) is 10.5 Å². The third-order valence-electron chi connectivity index (χ3n) is 4.67. The molecular weight excluding hydrogens is 296 g/mol. The molecule has 1 aliphatic heterocycles. The SMILES string of the molecule is Cc1cc(OCCN2CCC(C)(CN)C2)ccc1C(C)C.Cl. The number of halogens is 1. The number of hydrogen-bond acceptors (Lipinski definition) is 3. The lowest BCUT2D eigenvalue weighted by molar-refractivity contribution is 0.219. The Morgan fingerprint density at radius 3 is 2.64 bits per heavy atom. The molecule has 0 aromatic heterocycles. The van der Waals surface area contributed by atoms with Crippen LogP contribution < -0.4 is 10.5 Å². The van der Waals surface area contributed by atoms with Crippen molar-refractivity contribution in [1.29, 1.82) is 0 Å². The van der Waals surface area contributed by atoms with Crippen molar-refractivity contribution in [3.8, 4) is 5.75 Å². The maximum Gasteiger partial charge on any atom is 0.119 e. The van der Waals surface area contributed by atoms with Crippen molar-refractivity contribution in [3.63, 3.8) is 0 Å². The summed E-state index contributed by atoms with van der Waals surface area (Å²) in [6.45, 7) is 13.6. The van der Waals surface area contributed by atoms with Gasteiger partial charge in [0.05, 0.1) is 0 Å². The van der Waals surface area contributed by atoms with Crippen molar-refractivity contribution in [3.05, 3.63) is 29.3 Å². The van der Waals surface area contributed by atoms with Gasteiger partial charge >= 0.3 is 0 Å². The zero-order valence-electron chi connectivity index (χ0n) is 14.4. The first-order valence-corrected chi connectivity index (χ1v) is 8.09. The van der Waals surface area contributed by atoms with E-state index in [1.165, 1.54) is 17.5 Å². The van der Waals surface area contributed by atoms with E-state index in [0.29, 0.717) is 11.3 Å². The zero-order chi connectivity index (χ0) is 15.5. The lowest BCUT2D eigenvalue weighted by Crippen LogP contribution is -2.33. The highest BCUT2D eigenvalue weighted by Gasteiger charge is 2.31. The first kappa shape index (κ1) is 19.3. The molecule has 1 fully saturated rings. The van der Waals surface area contributed by atoms with Gasteiger partial charge in [0.15, 0.2) is 0 Å². The zero-order valence-corrected chi connectivity index (χ0v) is 15.2. The number of nitrogens with zero attached hydrogens (tertiary/aromatic N) is 1. The molecule has 1 atom stereocenters. The van der Waals surface area contributed by atoms with E-state index >= 15 is 0 Å². The van der Waals surface area contributed by atoms with Gasteiger partial charge in [0, 0.05) is 13.1 Å². The lowest BCUT2D eigenvalue weighted by atomic mass is 9.90. The van der Waals surface area contributed by atoms with Gasteiger partial charge in [-0.2, -0.15) is 0 Å². The van der Waals surface area contributed by atoms with Crippen LogP contribution >= 0.6 is 12.4 Å². The third-order valence-corrected chi connectivity index (χ3v) is 4.67. The van der Waals surface area contributed by atoms with Crippen LogP contribution in [0.2, 0.25) is 0 Å². The quantitative estimate of drug-likeness (QED) is 0.868. The van der Waals surface area contributed by atoms with Crippen molar-refractivity contribution in [2.75, 3.05) is 32.8 Å². The van der Waals surface area contributed by atoms with Crippen molar-refractivity contribution in [2.24, 2.45) is 11.1 Å². The molecule has 126 valence electrons. The summed E-state index contributed by atoms with van der Waals surface area (Å²) >= 11 is 0. The van der Waals surface area contributed by atoms with Crippen LogP contribution in [0.5, 0.6) is 5.75 Å². The number of benzene rings is 1. The monoisotopic (exact) mass is 326 g/mol. The van der Waals surface area contributed by atoms with Crippen LogP contribution in [0.3, 0.4) is 0 Å². The highest BCUT2D eigenvalue weighted by Crippen LogP contribution is 2.28. The summed E-state index contributed by atoms with van der Waals surface area (Å²) in [6.07, 6.45) is 1.20. The lowest BCUT2D eigenvalue weighted by Gasteiger charge is -2.22. The number of hydrogen-bond donors (Lipinski definition) is 1. The molecule has 4 heteroatoms. The Morgan fingerprint density at radius 2 is 2.09 bits per heavy atom. The predicted molar refractivity (Wildman–Crippen MR) is 96.2 cm³/mol. The summed E-state index contributed by atoms with van der Waals surface area (Å²) in [5, 5.41) is 0. The molecule has 3 nitrogen and oxygen atoms in total. The molecule has 2 N–H and O–H groups in total. The van der Waals surface area contributed by atoms with Crippen LogP contribution in [0.15, 0.2) is 18.2 Å². The van der Waals surface area contributed by atoms with Crippen molar-refractivity contribution in [1.82, 2.24) is 4.90 Å². The Morgan fingerprint density at radius 1 is 1.36 bits per heavy atom. The van der Waals surface area contributed by atoms with Crippen molar-refractivity contribution in [2.45, 2.75) is 40.0 Å². The first-order chi connectivity index (χ1) is 9.93. The molecule has 0 aliphatic carbocycles. The van der Waals surface area contributed by atoms with Gasteiger partial charge in [-0.3, -0.25) is 4.90 Å².